The van der Waals surface area contributed by atoms with Gasteiger partial charge >= 0.3 is 11.9 Å². The minimum absolute atomic E-state index is 0.0940. The molecule has 2 rings (SSSR count). The number of thiocarbonyl (C=S) groups is 1. The first-order chi connectivity index (χ1) is 12.8. The number of nitrogens with one attached hydrogen (secondary N) is 1. The molecule has 1 aliphatic heterocycles. The zero-order valence-electron chi connectivity index (χ0n) is 15.2. The number of phenolic OH excluding ortho intramolecular Hbond substituents is 1. The second kappa shape index (κ2) is 9.80. The molecule has 7 nitrogen and oxygen atoms in total. The third kappa shape index (κ3) is 5.74. The number of hydrogen-bond acceptors (Lipinski definition) is 7. The number of fused-ring (bicyclic) bond motifs is 1. The number of cyclic esters (lactones) is 1. The summed E-state index contributed by atoms with van der Waals surface area (Å²) in [6, 6.07) is 2.08. The molecule has 1 heterocycles. The third-order valence-corrected chi connectivity index (χ3v) is 5.80. The van der Waals surface area contributed by atoms with E-state index in [1.165, 1.54) is 31.0 Å². The number of carbonyl (C=O) groups is 2. The summed E-state index contributed by atoms with van der Waals surface area (Å²) >= 11 is 6.54. The molecular weight excluding hydrogens is 390 g/mol. The van der Waals surface area contributed by atoms with Crippen LogP contribution in [0.3, 0.4) is 0 Å². The molecule has 2 unspecified atom stereocenters. The van der Waals surface area contributed by atoms with Gasteiger partial charge in [0.2, 0.25) is 0 Å². The van der Waals surface area contributed by atoms with E-state index in [-0.39, 0.29) is 28.9 Å². The summed E-state index contributed by atoms with van der Waals surface area (Å²) in [5.41, 5.74) is 0.611. The molecule has 27 heavy (non-hydrogen) atoms. The van der Waals surface area contributed by atoms with E-state index in [4.69, 9.17) is 21.7 Å². The van der Waals surface area contributed by atoms with Gasteiger partial charge in [-0.25, -0.2) is 9.59 Å². The Kier molecular flexibility index (Phi) is 7.73. The molecule has 3 N–H and O–H groups in total. The molecule has 0 radical (unpaired) electrons. The van der Waals surface area contributed by atoms with Crippen molar-refractivity contribution < 1.29 is 29.3 Å². The number of phenols is 1. The summed E-state index contributed by atoms with van der Waals surface area (Å²) in [6.45, 7) is 1.98. The molecular formula is C18H23NO6S2. The molecule has 1 aromatic carbocycles. The second-order valence-corrected chi connectivity index (χ2v) is 8.02. The molecule has 0 aliphatic carbocycles. The van der Waals surface area contributed by atoms with Crippen LogP contribution in [0.2, 0.25) is 0 Å². The van der Waals surface area contributed by atoms with Crippen molar-refractivity contribution in [2.45, 2.75) is 43.2 Å². The minimum Gasteiger partial charge on any atom is -0.507 e. The highest BCUT2D eigenvalue weighted by Crippen LogP contribution is 2.33. The Labute approximate surface area is 167 Å². The van der Waals surface area contributed by atoms with Crippen molar-refractivity contribution in [1.29, 1.82) is 0 Å². The van der Waals surface area contributed by atoms with Crippen molar-refractivity contribution in [3.05, 3.63) is 23.3 Å². The Bertz CT molecular complexity index is 724. The van der Waals surface area contributed by atoms with Crippen molar-refractivity contribution in [3.63, 3.8) is 0 Å². The SMILES string of the molecule is COc1cc(O)c2c(c1)C(=O)OCCCCC(=S)NC(C(=O)O)C(C)SC2. The quantitative estimate of drug-likeness (QED) is 0.498. The lowest BCUT2D eigenvalue weighted by molar-refractivity contribution is -0.138. The number of aromatic hydroxyl groups is 1. The molecule has 0 fully saturated rings. The van der Waals surface area contributed by atoms with Crippen molar-refractivity contribution >= 4 is 40.9 Å². The standard InChI is InChI=1S/C18H23NO6S2/c1-10-16(17(21)22)19-15(26)5-3-4-6-25-18(23)12-7-11(24-2)8-14(20)13(12)9-27-10/h7-8,10,16,20H,3-6,9H2,1-2H3,(H,19,26)(H,21,22). The Hall–Kier alpha value is -2.00. The summed E-state index contributed by atoms with van der Waals surface area (Å²) in [7, 11) is 1.44. The highest BCUT2D eigenvalue weighted by molar-refractivity contribution is 7.99. The average molecular weight is 414 g/mol. The first kappa shape index (κ1) is 21.3. The van der Waals surface area contributed by atoms with Crippen LogP contribution in [-0.2, 0) is 15.3 Å². The van der Waals surface area contributed by atoms with Gasteiger partial charge in [-0.2, -0.15) is 11.8 Å². The third-order valence-electron chi connectivity index (χ3n) is 4.23. The minimum atomic E-state index is -0.997. The number of aliphatic carboxylic acids is 1. The average Bonchev–Trinajstić information content (AvgIpc) is 2.62. The first-order valence-electron chi connectivity index (χ1n) is 8.54. The van der Waals surface area contributed by atoms with Crippen LogP contribution in [0.5, 0.6) is 11.5 Å². The number of benzene rings is 1. The number of ether oxygens (including phenoxy) is 2. The Morgan fingerprint density at radius 2 is 2.15 bits per heavy atom. The van der Waals surface area contributed by atoms with Crippen LogP contribution in [-0.4, -0.2) is 52.1 Å². The van der Waals surface area contributed by atoms with Gasteiger partial charge in [0.25, 0.3) is 0 Å². The summed E-state index contributed by atoms with van der Waals surface area (Å²) in [5, 5.41) is 22.4. The molecule has 0 aromatic heterocycles. The molecule has 9 heteroatoms. The van der Waals surface area contributed by atoms with Gasteiger partial charge in [-0.3, -0.25) is 0 Å². The number of thioether (sulfide) groups is 1. The number of carboxylic acid groups (broad SMARTS) is 1. The molecule has 1 aromatic rings. The molecule has 148 valence electrons. The van der Waals surface area contributed by atoms with E-state index in [2.05, 4.69) is 5.32 Å². The summed E-state index contributed by atoms with van der Waals surface area (Å²) < 4.78 is 10.4. The maximum absolute atomic E-state index is 12.5. The van der Waals surface area contributed by atoms with Crippen LogP contribution in [0.1, 0.15) is 42.1 Å². The number of carbonyl (C=O) groups excluding carboxylic acids is 1. The molecule has 0 saturated carbocycles. The molecule has 0 bridgehead atoms. The van der Waals surface area contributed by atoms with E-state index in [1.54, 1.807) is 6.92 Å². The van der Waals surface area contributed by atoms with Gasteiger partial charge in [-0.15, -0.1) is 0 Å². The topological polar surface area (TPSA) is 105 Å². The van der Waals surface area contributed by atoms with Crippen molar-refractivity contribution in [3.8, 4) is 11.5 Å². The van der Waals surface area contributed by atoms with Crippen molar-refractivity contribution in [2.75, 3.05) is 13.7 Å². The Morgan fingerprint density at radius 3 is 2.81 bits per heavy atom. The predicted octanol–water partition coefficient (Wildman–Crippen LogP) is 2.73. The largest absolute Gasteiger partial charge is 0.507 e. The zero-order chi connectivity index (χ0) is 20.0. The van der Waals surface area contributed by atoms with Crippen LogP contribution in [0.15, 0.2) is 12.1 Å². The van der Waals surface area contributed by atoms with Gasteiger partial charge in [-0.05, 0) is 25.3 Å². The lowest BCUT2D eigenvalue weighted by atomic mass is 10.1. The van der Waals surface area contributed by atoms with E-state index in [1.807, 2.05) is 0 Å². The van der Waals surface area contributed by atoms with E-state index in [0.717, 1.165) is 0 Å². The fourth-order valence-corrected chi connectivity index (χ4v) is 4.03. The lowest BCUT2D eigenvalue weighted by Crippen LogP contribution is -2.46. The highest BCUT2D eigenvalue weighted by atomic mass is 32.2. The number of esters is 1. The summed E-state index contributed by atoms with van der Waals surface area (Å²) in [6.07, 6.45) is 1.79. The number of hydrogen-bond donors (Lipinski definition) is 3. The smallest absolute Gasteiger partial charge is 0.338 e. The van der Waals surface area contributed by atoms with Crippen molar-refractivity contribution in [2.24, 2.45) is 0 Å². The summed E-state index contributed by atoms with van der Waals surface area (Å²) in [5.74, 6) is -1.05. The van der Waals surface area contributed by atoms with Crippen LogP contribution < -0.4 is 10.1 Å². The fraction of sp³-hybridized carbons (Fsp3) is 0.500. The van der Waals surface area contributed by atoms with Gasteiger partial charge in [0, 0.05) is 22.6 Å². The Balaban J connectivity index is 2.35. The van der Waals surface area contributed by atoms with E-state index in [0.29, 0.717) is 35.6 Å². The second-order valence-electron chi connectivity index (χ2n) is 6.17. The maximum atomic E-state index is 12.5. The molecule has 1 aliphatic rings. The van der Waals surface area contributed by atoms with Crippen LogP contribution in [0, 0.1) is 0 Å². The highest BCUT2D eigenvalue weighted by Gasteiger charge is 2.27. The number of rotatable bonds is 2. The van der Waals surface area contributed by atoms with Gasteiger partial charge in [0.15, 0.2) is 0 Å². The molecule has 0 spiro atoms. The van der Waals surface area contributed by atoms with Gasteiger partial charge in [0.1, 0.15) is 17.5 Å². The maximum Gasteiger partial charge on any atom is 0.338 e. The fourth-order valence-electron chi connectivity index (χ4n) is 2.65. The monoisotopic (exact) mass is 413 g/mol. The predicted molar refractivity (Wildman–Crippen MR) is 107 cm³/mol. The van der Waals surface area contributed by atoms with Crippen LogP contribution >= 0.6 is 24.0 Å². The number of carboxylic acids is 1. The van der Waals surface area contributed by atoms with Crippen molar-refractivity contribution in [1.82, 2.24) is 5.32 Å². The van der Waals surface area contributed by atoms with Gasteiger partial charge in [-0.1, -0.05) is 19.1 Å². The Morgan fingerprint density at radius 1 is 1.41 bits per heavy atom. The van der Waals surface area contributed by atoms with E-state index >= 15 is 0 Å². The zero-order valence-corrected chi connectivity index (χ0v) is 16.8. The molecule has 0 amide bonds. The summed E-state index contributed by atoms with van der Waals surface area (Å²) in [4.78, 5) is 24.6. The van der Waals surface area contributed by atoms with Crippen LogP contribution in [0.25, 0.3) is 0 Å². The number of methoxy groups -OCH3 is 1. The van der Waals surface area contributed by atoms with Gasteiger partial charge in [0.05, 0.1) is 24.3 Å². The first-order valence-corrected chi connectivity index (χ1v) is 10.00. The molecule has 2 atom stereocenters. The molecule has 0 saturated heterocycles. The van der Waals surface area contributed by atoms with E-state index in [9.17, 15) is 19.8 Å². The normalized spacial score (nSPS) is 22.0. The van der Waals surface area contributed by atoms with Crippen LogP contribution in [0.4, 0.5) is 0 Å². The van der Waals surface area contributed by atoms with E-state index < -0.39 is 18.0 Å². The van der Waals surface area contributed by atoms with Gasteiger partial charge < -0.3 is 25.0 Å². The lowest BCUT2D eigenvalue weighted by Gasteiger charge is -2.23.